The predicted molar refractivity (Wildman–Crippen MR) is 103 cm³/mol. The normalized spacial score (nSPS) is 11.6. The first-order valence-electron chi connectivity index (χ1n) is 8.99. The maximum atomic E-state index is 12.8. The fourth-order valence-corrected chi connectivity index (χ4v) is 2.85. The molecule has 1 unspecified atom stereocenters. The van der Waals surface area contributed by atoms with Gasteiger partial charge in [0.05, 0.1) is 23.8 Å². The van der Waals surface area contributed by atoms with Gasteiger partial charge in [0.1, 0.15) is 0 Å². The van der Waals surface area contributed by atoms with Crippen LogP contribution < -0.4 is 5.32 Å². The lowest BCUT2D eigenvalue weighted by Crippen LogP contribution is -2.19. The van der Waals surface area contributed by atoms with Crippen LogP contribution in [0.15, 0.2) is 59.0 Å². The Labute approximate surface area is 162 Å². The molecule has 0 aliphatic heterocycles. The molecule has 3 rings (SSSR count). The number of hydrogen-bond acceptors (Lipinski definition) is 6. The van der Waals surface area contributed by atoms with Gasteiger partial charge in [-0.3, -0.25) is 4.79 Å². The minimum absolute atomic E-state index is 0.0861. The van der Waals surface area contributed by atoms with E-state index in [-0.39, 0.29) is 18.9 Å². The van der Waals surface area contributed by atoms with Crippen molar-refractivity contribution in [2.24, 2.45) is 0 Å². The Morgan fingerprint density at radius 2 is 1.79 bits per heavy atom. The molecule has 144 valence electrons. The highest BCUT2D eigenvalue weighted by molar-refractivity contribution is 6.01. The third kappa shape index (κ3) is 4.62. The SMILES string of the molecule is CCOC(=O)c1ccccc1NC(=O)CC(c1ccccc1)c1nnc(C)o1. The Hall–Kier alpha value is -3.48. The molecule has 0 saturated carbocycles. The molecule has 28 heavy (non-hydrogen) atoms. The molecule has 1 atom stereocenters. The number of nitrogens with zero attached hydrogens (tertiary/aromatic N) is 2. The van der Waals surface area contributed by atoms with E-state index in [1.54, 1.807) is 38.1 Å². The van der Waals surface area contributed by atoms with E-state index in [0.717, 1.165) is 5.56 Å². The minimum atomic E-state index is -0.481. The van der Waals surface area contributed by atoms with E-state index < -0.39 is 11.9 Å². The van der Waals surface area contributed by atoms with Crippen LogP contribution in [0.1, 0.15) is 47.0 Å². The third-order valence-corrected chi connectivity index (χ3v) is 4.13. The lowest BCUT2D eigenvalue weighted by molar-refractivity contribution is -0.116. The van der Waals surface area contributed by atoms with Crippen molar-refractivity contribution in [3.63, 3.8) is 0 Å². The van der Waals surface area contributed by atoms with Gasteiger partial charge in [-0.1, -0.05) is 42.5 Å². The fraction of sp³-hybridized carbons (Fsp3) is 0.238. The molecule has 7 heteroatoms. The highest BCUT2D eigenvalue weighted by Crippen LogP contribution is 2.28. The number of benzene rings is 2. The number of esters is 1. The Balaban J connectivity index is 1.81. The van der Waals surface area contributed by atoms with Gasteiger partial charge in [-0.2, -0.15) is 0 Å². The molecule has 0 aliphatic rings. The Kier molecular flexibility index (Phi) is 6.16. The lowest BCUT2D eigenvalue weighted by Gasteiger charge is -2.15. The van der Waals surface area contributed by atoms with Crippen LogP contribution in [-0.4, -0.2) is 28.7 Å². The summed E-state index contributed by atoms with van der Waals surface area (Å²) in [4.78, 5) is 24.9. The molecule has 1 N–H and O–H groups in total. The van der Waals surface area contributed by atoms with Gasteiger partial charge in [0.25, 0.3) is 0 Å². The maximum Gasteiger partial charge on any atom is 0.340 e. The summed E-state index contributed by atoms with van der Waals surface area (Å²) in [6.07, 6.45) is 0.0861. The third-order valence-electron chi connectivity index (χ3n) is 4.13. The van der Waals surface area contributed by atoms with Crippen LogP contribution in [0, 0.1) is 6.92 Å². The summed E-state index contributed by atoms with van der Waals surface area (Å²) >= 11 is 0. The van der Waals surface area contributed by atoms with Gasteiger partial charge >= 0.3 is 5.97 Å². The molecule has 1 heterocycles. The molecule has 1 aromatic heterocycles. The maximum absolute atomic E-state index is 12.8. The average molecular weight is 379 g/mol. The van der Waals surface area contributed by atoms with E-state index in [1.807, 2.05) is 30.3 Å². The number of aromatic nitrogens is 2. The molecular weight excluding hydrogens is 358 g/mol. The van der Waals surface area contributed by atoms with Crippen LogP contribution in [0.2, 0.25) is 0 Å². The summed E-state index contributed by atoms with van der Waals surface area (Å²) in [5, 5.41) is 10.8. The zero-order chi connectivity index (χ0) is 19.9. The second kappa shape index (κ2) is 8.94. The summed E-state index contributed by atoms with van der Waals surface area (Å²) in [6, 6.07) is 16.2. The molecule has 7 nitrogen and oxygen atoms in total. The zero-order valence-electron chi connectivity index (χ0n) is 15.7. The Bertz CT molecular complexity index is 953. The van der Waals surface area contributed by atoms with Crippen LogP contribution in [0.4, 0.5) is 5.69 Å². The number of carbonyl (C=O) groups excluding carboxylic acids is 2. The van der Waals surface area contributed by atoms with Crippen LogP contribution in [-0.2, 0) is 9.53 Å². The molecule has 1 amide bonds. The van der Waals surface area contributed by atoms with E-state index >= 15 is 0 Å². The molecule has 2 aromatic carbocycles. The number of ether oxygens (including phenoxy) is 1. The number of anilines is 1. The smallest absolute Gasteiger partial charge is 0.340 e. The number of rotatable bonds is 7. The van der Waals surface area contributed by atoms with Crippen molar-refractivity contribution < 1.29 is 18.7 Å². The molecule has 0 aliphatic carbocycles. The zero-order valence-corrected chi connectivity index (χ0v) is 15.7. The predicted octanol–water partition coefficient (Wildman–Crippen LogP) is 3.72. The Morgan fingerprint density at radius 1 is 1.07 bits per heavy atom. The largest absolute Gasteiger partial charge is 0.462 e. The van der Waals surface area contributed by atoms with Crippen molar-refractivity contribution in [3.05, 3.63) is 77.5 Å². The summed E-state index contributed by atoms with van der Waals surface area (Å²) in [7, 11) is 0. The summed E-state index contributed by atoms with van der Waals surface area (Å²) < 4.78 is 10.6. The van der Waals surface area contributed by atoms with Gasteiger partial charge in [-0.25, -0.2) is 4.79 Å². The van der Waals surface area contributed by atoms with Crippen LogP contribution in [0.3, 0.4) is 0 Å². The van der Waals surface area contributed by atoms with E-state index in [4.69, 9.17) is 9.15 Å². The van der Waals surface area contributed by atoms with Crippen molar-refractivity contribution in [2.75, 3.05) is 11.9 Å². The van der Waals surface area contributed by atoms with Gasteiger partial charge in [0, 0.05) is 13.3 Å². The summed E-state index contributed by atoms with van der Waals surface area (Å²) in [5.74, 6) is -0.342. The van der Waals surface area contributed by atoms with Crippen molar-refractivity contribution in [3.8, 4) is 0 Å². The average Bonchev–Trinajstić information content (AvgIpc) is 3.13. The first-order valence-corrected chi connectivity index (χ1v) is 8.99. The van der Waals surface area contributed by atoms with Crippen molar-refractivity contribution in [1.29, 1.82) is 0 Å². The molecule has 0 saturated heterocycles. The fourth-order valence-electron chi connectivity index (χ4n) is 2.85. The van der Waals surface area contributed by atoms with Gasteiger partial charge in [0.2, 0.25) is 17.7 Å². The molecule has 0 radical (unpaired) electrons. The standard InChI is InChI=1S/C21H21N3O4/c1-3-27-21(26)16-11-7-8-12-18(16)22-19(25)13-17(15-9-5-4-6-10-15)20-24-23-14(2)28-20/h4-12,17H,3,13H2,1-2H3,(H,22,25). The van der Waals surface area contributed by atoms with Gasteiger partial charge < -0.3 is 14.5 Å². The van der Waals surface area contributed by atoms with E-state index in [2.05, 4.69) is 15.5 Å². The van der Waals surface area contributed by atoms with E-state index in [9.17, 15) is 9.59 Å². The molecule has 0 spiro atoms. The van der Waals surface area contributed by atoms with Crippen molar-refractivity contribution in [2.45, 2.75) is 26.2 Å². The lowest BCUT2D eigenvalue weighted by atomic mass is 9.95. The van der Waals surface area contributed by atoms with Crippen molar-refractivity contribution >= 4 is 17.6 Å². The summed E-state index contributed by atoms with van der Waals surface area (Å²) in [5.41, 5.74) is 1.60. The quantitative estimate of drug-likeness (QED) is 0.629. The number of carbonyl (C=O) groups is 2. The van der Waals surface area contributed by atoms with Crippen LogP contribution >= 0.6 is 0 Å². The number of aryl methyl sites for hydroxylation is 1. The number of para-hydroxylation sites is 1. The number of nitrogens with one attached hydrogen (secondary N) is 1. The second-order valence-electron chi connectivity index (χ2n) is 6.14. The molecule has 0 fully saturated rings. The van der Waals surface area contributed by atoms with E-state index in [0.29, 0.717) is 23.0 Å². The first-order chi connectivity index (χ1) is 13.6. The van der Waals surface area contributed by atoms with Gasteiger partial charge in [-0.05, 0) is 24.6 Å². The Morgan fingerprint density at radius 3 is 2.46 bits per heavy atom. The van der Waals surface area contributed by atoms with Crippen LogP contribution in [0.25, 0.3) is 0 Å². The van der Waals surface area contributed by atoms with Gasteiger partial charge in [0.15, 0.2) is 0 Å². The number of amides is 1. The van der Waals surface area contributed by atoms with E-state index in [1.165, 1.54) is 0 Å². The minimum Gasteiger partial charge on any atom is -0.462 e. The molecular formula is C21H21N3O4. The molecule has 3 aromatic rings. The monoisotopic (exact) mass is 379 g/mol. The first kappa shape index (κ1) is 19.3. The van der Waals surface area contributed by atoms with Crippen LogP contribution in [0.5, 0.6) is 0 Å². The highest BCUT2D eigenvalue weighted by Gasteiger charge is 2.24. The molecule has 0 bridgehead atoms. The van der Waals surface area contributed by atoms with Crippen molar-refractivity contribution in [1.82, 2.24) is 10.2 Å². The summed E-state index contributed by atoms with van der Waals surface area (Å²) in [6.45, 7) is 3.69. The number of hydrogen-bond donors (Lipinski definition) is 1. The second-order valence-corrected chi connectivity index (χ2v) is 6.14. The topological polar surface area (TPSA) is 94.3 Å². The highest BCUT2D eigenvalue weighted by atomic mass is 16.5. The van der Waals surface area contributed by atoms with Gasteiger partial charge in [-0.15, -0.1) is 10.2 Å².